The number of halogens is 1. The summed E-state index contributed by atoms with van der Waals surface area (Å²) in [5.41, 5.74) is -0.332. The molecular weight excluding hydrogens is 314 g/mol. The Morgan fingerprint density at radius 3 is 2.68 bits per heavy atom. The fourth-order valence-electron chi connectivity index (χ4n) is 1.77. The normalized spacial score (nSPS) is 15.7. The molecule has 1 fully saturated rings. The highest BCUT2D eigenvalue weighted by atomic mass is 79.9. The van der Waals surface area contributed by atoms with E-state index in [0.29, 0.717) is 28.6 Å². The lowest BCUT2D eigenvalue weighted by Gasteiger charge is -2.12. The number of carbonyl (C=O) groups excluding carboxylic acids is 1. The zero-order chi connectivity index (χ0) is 14.0. The minimum Gasteiger partial charge on any atom is -0.497 e. The molecule has 0 atom stereocenters. The second-order valence-electron chi connectivity index (χ2n) is 4.61. The van der Waals surface area contributed by atoms with E-state index in [1.165, 1.54) is 7.11 Å². The first-order valence-corrected chi connectivity index (χ1v) is 6.63. The lowest BCUT2D eigenvalue weighted by molar-refractivity contribution is -0.143. The van der Waals surface area contributed by atoms with Gasteiger partial charge >= 0.3 is 5.97 Å². The monoisotopic (exact) mass is 327 g/mol. The maximum atomic E-state index is 12.0. The van der Waals surface area contributed by atoms with E-state index < -0.39 is 11.4 Å². The highest BCUT2D eigenvalue weighted by molar-refractivity contribution is 9.10. The summed E-state index contributed by atoms with van der Waals surface area (Å²) >= 11 is 3.29. The van der Waals surface area contributed by atoms with Crippen molar-refractivity contribution in [1.29, 1.82) is 0 Å². The Morgan fingerprint density at radius 2 is 2.16 bits per heavy atom. The number of hydrogen-bond acceptors (Lipinski definition) is 3. The summed E-state index contributed by atoms with van der Waals surface area (Å²) in [4.78, 5) is 23.1. The number of rotatable bonds is 5. The fraction of sp³-hybridized carbons (Fsp3) is 0.385. The number of nitrogens with one attached hydrogen (secondary N) is 1. The van der Waals surface area contributed by atoms with E-state index in [0.717, 1.165) is 0 Å². The first-order chi connectivity index (χ1) is 8.98. The SMILES string of the molecule is COc1ccc(Br)c(C(=O)NCC2(C(=O)O)CC2)c1. The van der Waals surface area contributed by atoms with Crippen LogP contribution in [0, 0.1) is 5.41 Å². The van der Waals surface area contributed by atoms with E-state index >= 15 is 0 Å². The van der Waals surface area contributed by atoms with E-state index in [4.69, 9.17) is 9.84 Å². The summed E-state index contributed by atoms with van der Waals surface area (Å²) in [5.74, 6) is -0.580. The lowest BCUT2D eigenvalue weighted by atomic mass is 10.1. The Hall–Kier alpha value is -1.56. The molecule has 1 aromatic rings. The van der Waals surface area contributed by atoms with Gasteiger partial charge in [-0.1, -0.05) is 0 Å². The van der Waals surface area contributed by atoms with Gasteiger partial charge < -0.3 is 15.2 Å². The highest BCUT2D eigenvalue weighted by Crippen LogP contribution is 2.45. The first kappa shape index (κ1) is 13.9. The zero-order valence-corrected chi connectivity index (χ0v) is 12.0. The van der Waals surface area contributed by atoms with Crippen LogP contribution in [0.2, 0.25) is 0 Å². The van der Waals surface area contributed by atoms with Gasteiger partial charge in [0.15, 0.2) is 0 Å². The summed E-state index contributed by atoms with van der Waals surface area (Å²) in [6, 6.07) is 5.07. The van der Waals surface area contributed by atoms with E-state index in [-0.39, 0.29) is 12.5 Å². The van der Waals surface area contributed by atoms with Gasteiger partial charge in [-0.15, -0.1) is 0 Å². The molecule has 102 valence electrons. The Kier molecular flexibility index (Phi) is 3.80. The van der Waals surface area contributed by atoms with Crippen molar-refractivity contribution in [2.45, 2.75) is 12.8 Å². The van der Waals surface area contributed by atoms with Gasteiger partial charge in [0.2, 0.25) is 0 Å². The molecule has 0 bridgehead atoms. The molecular formula is C13H14BrNO4. The second-order valence-corrected chi connectivity index (χ2v) is 5.47. The van der Waals surface area contributed by atoms with E-state index in [2.05, 4.69) is 21.2 Å². The number of aliphatic carboxylic acids is 1. The average molecular weight is 328 g/mol. The van der Waals surface area contributed by atoms with Gasteiger partial charge in [0.05, 0.1) is 18.1 Å². The highest BCUT2D eigenvalue weighted by Gasteiger charge is 2.50. The number of amides is 1. The summed E-state index contributed by atoms with van der Waals surface area (Å²) in [6.07, 6.45) is 1.23. The number of ether oxygens (including phenoxy) is 1. The predicted molar refractivity (Wildman–Crippen MR) is 72.3 cm³/mol. The van der Waals surface area contributed by atoms with Gasteiger partial charge in [-0.3, -0.25) is 9.59 Å². The topological polar surface area (TPSA) is 75.6 Å². The van der Waals surface area contributed by atoms with Crippen LogP contribution in [-0.4, -0.2) is 30.6 Å². The molecule has 0 saturated heterocycles. The van der Waals surface area contributed by atoms with Gasteiger partial charge in [0.1, 0.15) is 5.75 Å². The largest absolute Gasteiger partial charge is 0.497 e. The maximum Gasteiger partial charge on any atom is 0.311 e. The van der Waals surface area contributed by atoms with Gasteiger partial charge in [-0.05, 0) is 47.0 Å². The molecule has 0 spiro atoms. The molecule has 6 heteroatoms. The minimum atomic E-state index is -0.850. The summed E-state index contributed by atoms with van der Waals surface area (Å²) < 4.78 is 5.71. The molecule has 2 N–H and O–H groups in total. The Balaban J connectivity index is 2.06. The summed E-state index contributed by atoms with van der Waals surface area (Å²) in [5, 5.41) is 11.7. The molecule has 1 aliphatic rings. The van der Waals surface area contributed by atoms with Crippen LogP contribution >= 0.6 is 15.9 Å². The van der Waals surface area contributed by atoms with Gasteiger partial charge in [-0.25, -0.2) is 0 Å². The molecule has 19 heavy (non-hydrogen) atoms. The summed E-state index contributed by atoms with van der Waals surface area (Å²) in [6.45, 7) is 0.158. The molecule has 0 aliphatic heterocycles. The van der Waals surface area contributed by atoms with Gasteiger partial charge in [0, 0.05) is 11.0 Å². The molecule has 0 radical (unpaired) electrons. The number of methoxy groups -OCH3 is 1. The summed E-state index contributed by atoms with van der Waals surface area (Å²) in [7, 11) is 1.52. The maximum absolute atomic E-state index is 12.0. The predicted octanol–water partition coefficient (Wildman–Crippen LogP) is 2.05. The third-order valence-corrected chi connectivity index (χ3v) is 4.00. The molecule has 0 aromatic heterocycles. The second kappa shape index (κ2) is 5.21. The van der Waals surface area contributed by atoms with Crippen molar-refractivity contribution in [3.63, 3.8) is 0 Å². The van der Waals surface area contributed by atoms with Gasteiger partial charge in [0.25, 0.3) is 5.91 Å². The molecule has 0 unspecified atom stereocenters. The van der Waals surface area contributed by atoms with Crippen molar-refractivity contribution in [1.82, 2.24) is 5.32 Å². The molecule has 0 heterocycles. The van der Waals surface area contributed by atoms with Crippen LogP contribution in [0.25, 0.3) is 0 Å². The molecule has 2 rings (SSSR count). The number of carboxylic acids is 1. The Morgan fingerprint density at radius 1 is 1.47 bits per heavy atom. The van der Waals surface area contributed by atoms with Crippen LogP contribution in [0.15, 0.2) is 22.7 Å². The minimum absolute atomic E-state index is 0.158. The van der Waals surface area contributed by atoms with Gasteiger partial charge in [-0.2, -0.15) is 0 Å². The van der Waals surface area contributed by atoms with Crippen LogP contribution in [0.5, 0.6) is 5.75 Å². The van der Waals surface area contributed by atoms with Crippen LogP contribution in [0.1, 0.15) is 23.2 Å². The Bertz CT molecular complexity index is 525. The van der Waals surface area contributed by atoms with Crippen molar-refractivity contribution in [3.8, 4) is 5.75 Å². The smallest absolute Gasteiger partial charge is 0.311 e. The average Bonchev–Trinajstić information content (AvgIpc) is 3.18. The fourth-order valence-corrected chi connectivity index (χ4v) is 2.19. The van der Waals surface area contributed by atoms with Crippen LogP contribution in [0.4, 0.5) is 0 Å². The number of carboxylic acid groups (broad SMARTS) is 1. The number of hydrogen-bond donors (Lipinski definition) is 2. The molecule has 1 aliphatic carbocycles. The van der Waals surface area contributed by atoms with Crippen molar-refractivity contribution in [2.24, 2.45) is 5.41 Å². The first-order valence-electron chi connectivity index (χ1n) is 5.84. The molecule has 1 amide bonds. The molecule has 1 aromatic carbocycles. The van der Waals surface area contributed by atoms with Crippen molar-refractivity contribution in [3.05, 3.63) is 28.2 Å². The molecule has 5 nitrogen and oxygen atoms in total. The number of carbonyl (C=O) groups is 2. The third kappa shape index (κ3) is 2.89. The van der Waals surface area contributed by atoms with E-state index in [1.54, 1.807) is 18.2 Å². The Labute approximate surface area is 119 Å². The lowest BCUT2D eigenvalue weighted by Crippen LogP contribution is -2.34. The number of benzene rings is 1. The van der Waals surface area contributed by atoms with Crippen LogP contribution in [0.3, 0.4) is 0 Å². The van der Waals surface area contributed by atoms with E-state index in [9.17, 15) is 9.59 Å². The van der Waals surface area contributed by atoms with Crippen LogP contribution in [-0.2, 0) is 4.79 Å². The zero-order valence-electron chi connectivity index (χ0n) is 10.4. The quantitative estimate of drug-likeness (QED) is 0.867. The van der Waals surface area contributed by atoms with Crippen molar-refractivity contribution in [2.75, 3.05) is 13.7 Å². The standard InChI is InChI=1S/C13H14BrNO4/c1-19-8-2-3-10(14)9(6-8)11(16)15-7-13(4-5-13)12(17)18/h2-3,6H,4-5,7H2,1H3,(H,15,16)(H,17,18). The van der Waals surface area contributed by atoms with E-state index in [1.807, 2.05) is 0 Å². The van der Waals surface area contributed by atoms with Crippen LogP contribution < -0.4 is 10.1 Å². The third-order valence-electron chi connectivity index (χ3n) is 3.31. The van der Waals surface area contributed by atoms with Crippen molar-refractivity contribution >= 4 is 27.8 Å². The van der Waals surface area contributed by atoms with Crippen molar-refractivity contribution < 1.29 is 19.4 Å². The molecule has 1 saturated carbocycles.